The second-order valence-electron chi connectivity index (χ2n) is 7.17. The maximum Gasteiger partial charge on any atom is 0.451 e. The molecule has 1 atom stereocenters. The normalized spacial score (nSPS) is 13.8. The van der Waals surface area contributed by atoms with Crippen molar-refractivity contribution < 1.29 is 31.8 Å². The van der Waals surface area contributed by atoms with Crippen LogP contribution in [0.15, 0.2) is 30.5 Å². The van der Waals surface area contributed by atoms with Crippen molar-refractivity contribution in [2.45, 2.75) is 39.0 Å². The quantitative estimate of drug-likeness (QED) is 0.669. The third-order valence-electron chi connectivity index (χ3n) is 3.86. The summed E-state index contributed by atoms with van der Waals surface area (Å²) in [5.74, 6) is -2.12. The standard InChI is InChI=1S/C19H21F4N3O3/c1-11(2)9-18(3,29-17(24)27)10-28-15-5-4-12(8-13(15)20)14-6-7-25-16(26-14)19(21,22)23/h4-8,11H,9-10H2,1-3H3,(H2,24,27)/t18-/m0/s1. The molecule has 0 bridgehead atoms. The summed E-state index contributed by atoms with van der Waals surface area (Å²) < 4.78 is 63.3. The Kier molecular flexibility index (Phi) is 6.66. The third-order valence-corrected chi connectivity index (χ3v) is 3.86. The number of nitrogens with two attached hydrogens (primary N) is 1. The first-order valence-electron chi connectivity index (χ1n) is 8.71. The predicted octanol–water partition coefficient (Wildman–Crippen LogP) is 4.58. The minimum atomic E-state index is -4.71. The van der Waals surface area contributed by atoms with Gasteiger partial charge in [0.1, 0.15) is 12.2 Å². The lowest BCUT2D eigenvalue weighted by Gasteiger charge is -2.30. The molecule has 0 spiro atoms. The van der Waals surface area contributed by atoms with Crippen molar-refractivity contribution in [2.24, 2.45) is 11.7 Å². The monoisotopic (exact) mass is 415 g/mol. The molecule has 6 nitrogen and oxygen atoms in total. The first-order valence-corrected chi connectivity index (χ1v) is 8.71. The van der Waals surface area contributed by atoms with E-state index in [4.69, 9.17) is 15.2 Å². The molecule has 1 aromatic heterocycles. The highest BCUT2D eigenvalue weighted by Gasteiger charge is 2.35. The Morgan fingerprint density at radius 3 is 2.48 bits per heavy atom. The summed E-state index contributed by atoms with van der Waals surface area (Å²) in [6.07, 6.45) is -4.31. The highest BCUT2D eigenvalue weighted by molar-refractivity contribution is 5.65. The van der Waals surface area contributed by atoms with Gasteiger partial charge in [0.05, 0.1) is 5.69 Å². The molecule has 0 fully saturated rings. The molecule has 0 aliphatic rings. The Morgan fingerprint density at radius 2 is 1.93 bits per heavy atom. The van der Waals surface area contributed by atoms with Gasteiger partial charge in [-0.3, -0.25) is 0 Å². The van der Waals surface area contributed by atoms with E-state index in [0.29, 0.717) is 6.42 Å². The molecule has 29 heavy (non-hydrogen) atoms. The molecule has 0 radical (unpaired) electrons. The van der Waals surface area contributed by atoms with E-state index < -0.39 is 29.5 Å². The zero-order chi connectivity index (χ0) is 21.8. The maximum atomic E-state index is 14.4. The van der Waals surface area contributed by atoms with E-state index in [1.165, 1.54) is 18.2 Å². The van der Waals surface area contributed by atoms with Crippen molar-refractivity contribution >= 4 is 6.09 Å². The Labute approximate surface area is 165 Å². The SMILES string of the molecule is CC(C)C[C@@](C)(COc1ccc(-c2ccnc(C(F)(F)F)n2)cc1F)OC(N)=O. The van der Waals surface area contributed by atoms with E-state index in [1.807, 2.05) is 13.8 Å². The van der Waals surface area contributed by atoms with Crippen LogP contribution in [0.4, 0.5) is 22.4 Å². The summed E-state index contributed by atoms with van der Waals surface area (Å²) in [5, 5.41) is 0. The van der Waals surface area contributed by atoms with Crippen molar-refractivity contribution in [1.82, 2.24) is 9.97 Å². The molecule has 2 rings (SSSR count). The molecular formula is C19H21F4N3O3. The van der Waals surface area contributed by atoms with Crippen molar-refractivity contribution in [3.8, 4) is 17.0 Å². The summed E-state index contributed by atoms with van der Waals surface area (Å²) in [7, 11) is 0. The average Bonchev–Trinajstić information content (AvgIpc) is 2.58. The molecule has 0 unspecified atom stereocenters. The fourth-order valence-electron chi connectivity index (χ4n) is 2.90. The van der Waals surface area contributed by atoms with E-state index >= 15 is 0 Å². The second kappa shape index (κ2) is 8.62. The van der Waals surface area contributed by atoms with E-state index in [1.54, 1.807) is 6.92 Å². The van der Waals surface area contributed by atoms with Gasteiger partial charge in [0.25, 0.3) is 0 Å². The van der Waals surface area contributed by atoms with Crippen LogP contribution in [0.25, 0.3) is 11.3 Å². The third kappa shape index (κ3) is 6.30. The van der Waals surface area contributed by atoms with Crippen LogP contribution in [0.1, 0.15) is 33.0 Å². The van der Waals surface area contributed by atoms with Gasteiger partial charge >= 0.3 is 12.3 Å². The van der Waals surface area contributed by atoms with Gasteiger partial charge in [-0.2, -0.15) is 13.2 Å². The molecule has 0 aliphatic heterocycles. The summed E-state index contributed by atoms with van der Waals surface area (Å²) in [6.45, 7) is 5.28. The molecule has 10 heteroatoms. The van der Waals surface area contributed by atoms with Crippen molar-refractivity contribution in [2.75, 3.05) is 6.61 Å². The van der Waals surface area contributed by atoms with E-state index in [-0.39, 0.29) is 29.5 Å². The Hall–Kier alpha value is -2.91. The van der Waals surface area contributed by atoms with Crippen LogP contribution in [-0.2, 0) is 10.9 Å². The van der Waals surface area contributed by atoms with Gasteiger partial charge in [-0.25, -0.2) is 19.2 Å². The Bertz CT molecular complexity index is 874. The van der Waals surface area contributed by atoms with Crippen LogP contribution in [0.3, 0.4) is 0 Å². The summed E-state index contributed by atoms with van der Waals surface area (Å²) in [4.78, 5) is 17.7. The summed E-state index contributed by atoms with van der Waals surface area (Å²) in [6, 6.07) is 4.88. The number of benzene rings is 1. The van der Waals surface area contributed by atoms with Crippen LogP contribution < -0.4 is 10.5 Å². The minimum Gasteiger partial charge on any atom is -0.486 e. The van der Waals surface area contributed by atoms with Crippen LogP contribution in [-0.4, -0.2) is 28.3 Å². The molecule has 2 aromatic rings. The fourth-order valence-corrected chi connectivity index (χ4v) is 2.90. The highest BCUT2D eigenvalue weighted by atomic mass is 19.4. The van der Waals surface area contributed by atoms with Gasteiger partial charge in [0.15, 0.2) is 11.6 Å². The number of carbonyl (C=O) groups is 1. The molecule has 1 heterocycles. The smallest absolute Gasteiger partial charge is 0.451 e. The van der Waals surface area contributed by atoms with Gasteiger partial charge in [-0.15, -0.1) is 0 Å². The first-order chi connectivity index (χ1) is 13.4. The number of rotatable bonds is 7. The number of hydrogen-bond donors (Lipinski definition) is 1. The summed E-state index contributed by atoms with van der Waals surface area (Å²) >= 11 is 0. The van der Waals surface area contributed by atoms with Crippen molar-refractivity contribution in [1.29, 1.82) is 0 Å². The molecule has 2 N–H and O–H groups in total. The molecule has 0 saturated heterocycles. The number of ether oxygens (including phenoxy) is 2. The summed E-state index contributed by atoms with van der Waals surface area (Å²) in [5.41, 5.74) is 4.07. The minimum absolute atomic E-state index is 0.0838. The Balaban J connectivity index is 2.20. The van der Waals surface area contributed by atoms with Crippen LogP contribution in [0.2, 0.25) is 0 Å². The molecule has 1 amide bonds. The van der Waals surface area contributed by atoms with Gasteiger partial charge in [-0.05, 0) is 43.5 Å². The van der Waals surface area contributed by atoms with Gasteiger partial charge in [0, 0.05) is 11.8 Å². The second-order valence-corrected chi connectivity index (χ2v) is 7.17. The molecular weight excluding hydrogens is 394 g/mol. The number of primary amides is 1. The lowest BCUT2D eigenvalue weighted by molar-refractivity contribution is -0.144. The molecule has 1 aromatic carbocycles. The maximum absolute atomic E-state index is 14.4. The lowest BCUT2D eigenvalue weighted by atomic mass is 9.95. The highest BCUT2D eigenvalue weighted by Crippen LogP contribution is 2.30. The predicted molar refractivity (Wildman–Crippen MR) is 96.5 cm³/mol. The number of aromatic nitrogens is 2. The van der Waals surface area contributed by atoms with Gasteiger partial charge < -0.3 is 15.2 Å². The number of carbonyl (C=O) groups excluding carboxylic acids is 1. The van der Waals surface area contributed by atoms with E-state index in [2.05, 4.69) is 9.97 Å². The van der Waals surface area contributed by atoms with Gasteiger partial charge in [0.2, 0.25) is 5.82 Å². The van der Waals surface area contributed by atoms with E-state index in [9.17, 15) is 22.4 Å². The fraction of sp³-hybridized carbons (Fsp3) is 0.421. The molecule has 0 saturated carbocycles. The number of halogens is 4. The average molecular weight is 415 g/mol. The Morgan fingerprint density at radius 1 is 1.24 bits per heavy atom. The van der Waals surface area contributed by atoms with Crippen LogP contribution >= 0.6 is 0 Å². The van der Waals surface area contributed by atoms with Gasteiger partial charge in [-0.1, -0.05) is 13.8 Å². The number of hydrogen-bond acceptors (Lipinski definition) is 5. The first kappa shape index (κ1) is 22.4. The zero-order valence-electron chi connectivity index (χ0n) is 16.1. The zero-order valence-corrected chi connectivity index (χ0v) is 16.1. The number of alkyl halides is 3. The van der Waals surface area contributed by atoms with Crippen molar-refractivity contribution in [3.63, 3.8) is 0 Å². The lowest BCUT2D eigenvalue weighted by Crippen LogP contribution is -2.41. The number of nitrogens with zero attached hydrogens (tertiary/aromatic N) is 2. The number of amides is 1. The molecule has 0 aliphatic carbocycles. The molecule has 158 valence electrons. The van der Waals surface area contributed by atoms with Crippen LogP contribution in [0, 0.1) is 11.7 Å². The van der Waals surface area contributed by atoms with Crippen LogP contribution in [0.5, 0.6) is 5.75 Å². The topological polar surface area (TPSA) is 87.3 Å². The largest absolute Gasteiger partial charge is 0.486 e. The van der Waals surface area contributed by atoms with Crippen molar-refractivity contribution in [3.05, 3.63) is 42.1 Å². The van der Waals surface area contributed by atoms with E-state index in [0.717, 1.165) is 12.3 Å².